The fraction of sp³-hybridized carbons (Fsp3) is 0.550. The Hall–Kier alpha value is -2.41. The highest BCUT2D eigenvalue weighted by atomic mass is 16.2. The summed E-state index contributed by atoms with van der Waals surface area (Å²) in [6, 6.07) is 7.11. The lowest BCUT2D eigenvalue weighted by Crippen LogP contribution is -3.09. The molecule has 1 spiro atoms. The number of amides is 4. The molecule has 0 aromatic heterocycles. The van der Waals surface area contributed by atoms with Crippen LogP contribution in [0.5, 0.6) is 0 Å². The number of carbonyl (C=O) groups is 3. The highest BCUT2D eigenvalue weighted by Gasteiger charge is 2.55. The molecule has 1 aromatic carbocycles. The van der Waals surface area contributed by atoms with Crippen molar-refractivity contribution in [1.29, 1.82) is 0 Å². The van der Waals surface area contributed by atoms with Crippen LogP contribution in [0, 0.1) is 5.92 Å². The molecule has 1 heterocycles. The van der Waals surface area contributed by atoms with Gasteiger partial charge in [0.15, 0.2) is 6.67 Å². The molecular weight excluding hydrogens is 344 g/mol. The quantitative estimate of drug-likeness (QED) is 0.658. The van der Waals surface area contributed by atoms with Gasteiger partial charge in [0.1, 0.15) is 12.1 Å². The molecule has 2 aliphatic rings. The molecule has 1 saturated carbocycles. The van der Waals surface area contributed by atoms with E-state index in [9.17, 15) is 14.4 Å². The molecule has 1 unspecified atom stereocenters. The Balaban J connectivity index is 1.64. The molecule has 1 aliphatic carbocycles. The van der Waals surface area contributed by atoms with Gasteiger partial charge in [-0.05, 0) is 30.9 Å². The number of nitrogens with one attached hydrogen (secondary N) is 3. The van der Waals surface area contributed by atoms with E-state index in [0.29, 0.717) is 18.8 Å². The third-order valence-electron chi connectivity index (χ3n) is 5.88. The smallest absolute Gasteiger partial charge is 0.329 e. The van der Waals surface area contributed by atoms with Crippen molar-refractivity contribution in [1.82, 2.24) is 15.5 Å². The summed E-state index contributed by atoms with van der Waals surface area (Å²) in [5.74, 6) is -0.0206. The van der Waals surface area contributed by atoms with E-state index in [1.807, 2.05) is 19.2 Å². The van der Waals surface area contributed by atoms with Gasteiger partial charge < -0.3 is 15.5 Å². The number of urea groups is 1. The zero-order chi connectivity index (χ0) is 19.6. The van der Waals surface area contributed by atoms with Gasteiger partial charge in [-0.25, -0.2) is 9.69 Å². The predicted molar refractivity (Wildman–Crippen MR) is 101 cm³/mol. The number of hydrogen-bond acceptors (Lipinski definition) is 3. The molecule has 1 saturated heterocycles. The fourth-order valence-corrected chi connectivity index (χ4v) is 4.23. The van der Waals surface area contributed by atoms with Crippen LogP contribution in [-0.2, 0) is 11.3 Å². The van der Waals surface area contributed by atoms with Crippen LogP contribution in [0.2, 0.25) is 0 Å². The Bertz CT molecular complexity index is 733. The highest BCUT2D eigenvalue weighted by molar-refractivity contribution is 6.07. The molecule has 146 valence electrons. The maximum absolute atomic E-state index is 13.0. The Morgan fingerprint density at radius 2 is 2.00 bits per heavy atom. The van der Waals surface area contributed by atoms with Crippen LogP contribution in [-0.4, -0.2) is 49.0 Å². The molecule has 1 aliphatic heterocycles. The van der Waals surface area contributed by atoms with Crippen molar-refractivity contribution in [3.63, 3.8) is 0 Å². The zero-order valence-electron chi connectivity index (χ0n) is 16.3. The van der Waals surface area contributed by atoms with Crippen molar-refractivity contribution in [2.75, 3.05) is 20.8 Å². The van der Waals surface area contributed by atoms with Crippen LogP contribution < -0.4 is 15.5 Å². The van der Waals surface area contributed by atoms with Crippen molar-refractivity contribution in [3.8, 4) is 0 Å². The van der Waals surface area contributed by atoms with Gasteiger partial charge in [0.25, 0.3) is 11.8 Å². The molecule has 4 amide bonds. The van der Waals surface area contributed by atoms with E-state index >= 15 is 0 Å². The summed E-state index contributed by atoms with van der Waals surface area (Å²) in [6.45, 7) is 3.05. The van der Waals surface area contributed by atoms with Crippen LogP contribution >= 0.6 is 0 Å². The lowest BCUT2D eigenvalue weighted by atomic mass is 9.73. The summed E-state index contributed by atoms with van der Waals surface area (Å²) in [5.41, 5.74) is 0.958. The van der Waals surface area contributed by atoms with Crippen molar-refractivity contribution >= 4 is 17.8 Å². The molecule has 0 bridgehead atoms. The van der Waals surface area contributed by atoms with Crippen LogP contribution in [0.15, 0.2) is 24.3 Å². The summed E-state index contributed by atoms with van der Waals surface area (Å²) in [7, 11) is 3.56. The van der Waals surface area contributed by atoms with Crippen molar-refractivity contribution in [2.24, 2.45) is 5.92 Å². The lowest BCUT2D eigenvalue weighted by Gasteiger charge is -2.36. The molecule has 2 fully saturated rings. The first-order valence-corrected chi connectivity index (χ1v) is 9.64. The van der Waals surface area contributed by atoms with Crippen LogP contribution in [0.1, 0.15) is 48.5 Å². The molecule has 3 atom stereocenters. The van der Waals surface area contributed by atoms with E-state index < -0.39 is 5.54 Å². The standard InChI is InChI=1S/C20H28N4O3/c1-14-6-4-5-11-20(14)18(26)24(19(27)22-20)13-23(3)12-15-7-9-16(10-8-15)17(25)21-2/h7-10,14H,4-6,11-13H2,1-3H3,(H,21,25)(H,22,27)/p+1/t14-,20+/m1/s1. The van der Waals surface area contributed by atoms with E-state index in [4.69, 9.17) is 0 Å². The second-order valence-electron chi connectivity index (χ2n) is 7.85. The second kappa shape index (κ2) is 7.68. The van der Waals surface area contributed by atoms with Crippen molar-refractivity contribution in [3.05, 3.63) is 35.4 Å². The van der Waals surface area contributed by atoms with Crippen molar-refractivity contribution in [2.45, 2.75) is 44.7 Å². The van der Waals surface area contributed by atoms with E-state index in [1.165, 1.54) is 4.90 Å². The third kappa shape index (κ3) is 3.69. The van der Waals surface area contributed by atoms with Gasteiger partial charge in [0.2, 0.25) is 0 Å². The Labute approximate surface area is 160 Å². The average Bonchev–Trinajstić information content (AvgIpc) is 2.89. The minimum Gasteiger partial charge on any atom is -0.355 e. The van der Waals surface area contributed by atoms with E-state index in [0.717, 1.165) is 36.1 Å². The van der Waals surface area contributed by atoms with Gasteiger partial charge in [0.05, 0.1) is 7.05 Å². The normalized spacial score (nSPS) is 26.2. The summed E-state index contributed by atoms with van der Waals surface area (Å²) in [6.07, 6.45) is 3.79. The zero-order valence-corrected chi connectivity index (χ0v) is 16.3. The molecule has 1 aromatic rings. The summed E-state index contributed by atoms with van der Waals surface area (Å²) >= 11 is 0. The SMILES string of the molecule is CNC(=O)c1ccc(C[NH+](C)CN2C(=O)N[C@]3(CCCC[C@H]3C)C2=O)cc1. The van der Waals surface area contributed by atoms with Crippen LogP contribution in [0.25, 0.3) is 0 Å². The van der Waals surface area contributed by atoms with Gasteiger partial charge >= 0.3 is 6.03 Å². The largest absolute Gasteiger partial charge is 0.355 e. The Morgan fingerprint density at radius 1 is 1.30 bits per heavy atom. The number of carbonyl (C=O) groups excluding carboxylic acids is 3. The summed E-state index contributed by atoms with van der Waals surface area (Å²) < 4.78 is 0. The molecule has 7 heteroatoms. The molecule has 7 nitrogen and oxygen atoms in total. The minimum atomic E-state index is -0.704. The van der Waals surface area contributed by atoms with E-state index in [2.05, 4.69) is 17.6 Å². The van der Waals surface area contributed by atoms with Crippen LogP contribution in [0.4, 0.5) is 4.79 Å². The molecule has 0 radical (unpaired) electrons. The topological polar surface area (TPSA) is 82.9 Å². The third-order valence-corrected chi connectivity index (χ3v) is 5.88. The number of nitrogens with zero attached hydrogens (tertiary/aromatic N) is 1. The van der Waals surface area contributed by atoms with Crippen molar-refractivity contribution < 1.29 is 19.3 Å². The molecule has 27 heavy (non-hydrogen) atoms. The van der Waals surface area contributed by atoms with Gasteiger partial charge in [-0.2, -0.15) is 0 Å². The fourth-order valence-electron chi connectivity index (χ4n) is 4.23. The second-order valence-corrected chi connectivity index (χ2v) is 7.85. The number of hydrogen-bond donors (Lipinski definition) is 3. The van der Waals surface area contributed by atoms with Gasteiger partial charge in [-0.3, -0.25) is 9.59 Å². The first kappa shape index (κ1) is 19.4. The molecular formula is C20H29N4O3+. The van der Waals surface area contributed by atoms with Gasteiger partial charge in [0, 0.05) is 18.2 Å². The van der Waals surface area contributed by atoms with E-state index in [-0.39, 0.29) is 23.8 Å². The number of rotatable bonds is 5. The van der Waals surface area contributed by atoms with Gasteiger partial charge in [-0.15, -0.1) is 0 Å². The number of imide groups is 1. The number of benzene rings is 1. The molecule has 3 rings (SSSR count). The number of quaternary nitrogens is 1. The first-order chi connectivity index (χ1) is 12.9. The Morgan fingerprint density at radius 3 is 2.63 bits per heavy atom. The van der Waals surface area contributed by atoms with Crippen LogP contribution in [0.3, 0.4) is 0 Å². The van der Waals surface area contributed by atoms with Gasteiger partial charge in [-0.1, -0.05) is 31.9 Å². The molecule has 3 N–H and O–H groups in total. The predicted octanol–water partition coefficient (Wildman–Crippen LogP) is 0.519. The summed E-state index contributed by atoms with van der Waals surface area (Å²) in [4.78, 5) is 39.5. The Kier molecular flexibility index (Phi) is 5.51. The van der Waals surface area contributed by atoms with E-state index in [1.54, 1.807) is 19.2 Å². The maximum atomic E-state index is 13.0. The minimum absolute atomic E-state index is 0.0750. The highest BCUT2D eigenvalue weighted by Crippen LogP contribution is 2.37. The first-order valence-electron chi connectivity index (χ1n) is 9.64. The lowest BCUT2D eigenvalue weighted by molar-refractivity contribution is -0.901. The summed E-state index contributed by atoms with van der Waals surface area (Å²) in [5, 5.41) is 5.59. The maximum Gasteiger partial charge on any atom is 0.329 e. The average molecular weight is 373 g/mol. The monoisotopic (exact) mass is 373 g/mol.